The molecule has 122 valence electrons. The lowest BCUT2D eigenvalue weighted by Crippen LogP contribution is -2.28. The van der Waals surface area contributed by atoms with Gasteiger partial charge in [-0.05, 0) is 18.6 Å². The maximum Gasteiger partial charge on any atom is 0.270 e. The molecule has 1 aromatic carbocycles. The number of nitrogens with one attached hydrogen (secondary N) is 1. The summed E-state index contributed by atoms with van der Waals surface area (Å²) in [5, 5.41) is 14.5. The first-order valence-electron chi connectivity index (χ1n) is 6.66. The number of aryl methyl sites for hydroxylation is 1. The van der Waals surface area contributed by atoms with Gasteiger partial charge in [0.25, 0.3) is 11.2 Å². The number of hydrogen-bond donors (Lipinski definition) is 1. The van der Waals surface area contributed by atoms with Gasteiger partial charge in [-0.25, -0.2) is 17.8 Å². The van der Waals surface area contributed by atoms with Gasteiger partial charge in [-0.3, -0.25) is 14.9 Å². The zero-order valence-corrected chi connectivity index (χ0v) is 12.8. The molecule has 1 aromatic heterocycles. The summed E-state index contributed by atoms with van der Waals surface area (Å²) in [6.45, 7) is 0.338. The number of nitro groups is 1. The molecule has 2 rings (SSSR count). The van der Waals surface area contributed by atoms with Gasteiger partial charge in [-0.1, -0.05) is 6.07 Å². The fourth-order valence-corrected chi connectivity index (χ4v) is 2.95. The van der Waals surface area contributed by atoms with E-state index in [0.717, 1.165) is 6.07 Å². The van der Waals surface area contributed by atoms with Gasteiger partial charge < -0.3 is 0 Å². The van der Waals surface area contributed by atoms with E-state index in [9.17, 15) is 23.3 Å². The van der Waals surface area contributed by atoms with Crippen LogP contribution in [-0.2, 0) is 16.6 Å². The highest BCUT2D eigenvalue weighted by Crippen LogP contribution is 2.16. The van der Waals surface area contributed by atoms with E-state index >= 15 is 0 Å². The van der Waals surface area contributed by atoms with Crippen LogP contribution in [0, 0.1) is 10.1 Å². The smallest absolute Gasteiger partial charge is 0.268 e. The van der Waals surface area contributed by atoms with Crippen LogP contribution in [0.3, 0.4) is 0 Å². The van der Waals surface area contributed by atoms with Gasteiger partial charge >= 0.3 is 0 Å². The Morgan fingerprint density at radius 1 is 1.26 bits per heavy atom. The van der Waals surface area contributed by atoms with Crippen LogP contribution in [0.25, 0.3) is 0 Å². The molecule has 0 saturated heterocycles. The second-order valence-electron chi connectivity index (χ2n) is 4.59. The van der Waals surface area contributed by atoms with Gasteiger partial charge in [0.15, 0.2) is 0 Å². The van der Waals surface area contributed by atoms with Crippen molar-refractivity contribution < 1.29 is 13.3 Å². The maximum absolute atomic E-state index is 12.1. The molecule has 0 atom stereocenters. The van der Waals surface area contributed by atoms with Crippen LogP contribution in [0.4, 0.5) is 5.69 Å². The lowest BCUT2D eigenvalue weighted by Gasteiger charge is -2.07. The van der Waals surface area contributed by atoms with Crippen LogP contribution in [0.15, 0.2) is 52.3 Å². The van der Waals surface area contributed by atoms with Crippen molar-refractivity contribution in [1.82, 2.24) is 14.5 Å². The molecule has 0 unspecified atom stereocenters. The van der Waals surface area contributed by atoms with E-state index in [1.54, 1.807) is 0 Å². The molecule has 9 nitrogen and oxygen atoms in total. The minimum atomic E-state index is -3.84. The Hall–Kier alpha value is -2.59. The molecule has 23 heavy (non-hydrogen) atoms. The highest BCUT2D eigenvalue weighted by atomic mass is 32.2. The molecule has 0 aliphatic carbocycles. The van der Waals surface area contributed by atoms with E-state index < -0.39 is 14.9 Å². The van der Waals surface area contributed by atoms with Crippen LogP contribution in [0.5, 0.6) is 0 Å². The van der Waals surface area contributed by atoms with Crippen molar-refractivity contribution in [3.8, 4) is 0 Å². The van der Waals surface area contributed by atoms with E-state index in [1.165, 1.54) is 41.2 Å². The number of sulfonamides is 1. The van der Waals surface area contributed by atoms with Gasteiger partial charge in [0.1, 0.15) is 0 Å². The fourth-order valence-electron chi connectivity index (χ4n) is 1.84. The van der Waals surface area contributed by atoms with Crippen molar-refractivity contribution in [3.05, 3.63) is 63.1 Å². The Morgan fingerprint density at radius 3 is 2.74 bits per heavy atom. The van der Waals surface area contributed by atoms with Gasteiger partial charge in [0, 0.05) is 37.5 Å². The summed E-state index contributed by atoms with van der Waals surface area (Å²) < 4.78 is 27.7. The third-order valence-electron chi connectivity index (χ3n) is 2.96. The predicted molar refractivity (Wildman–Crippen MR) is 81.4 cm³/mol. The molecule has 2 aromatic rings. The number of aromatic nitrogens is 2. The Bertz CT molecular complexity index is 862. The summed E-state index contributed by atoms with van der Waals surface area (Å²) >= 11 is 0. The van der Waals surface area contributed by atoms with Crippen molar-refractivity contribution >= 4 is 15.7 Å². The first kappa shape index (κ1) is 16.8. The van der Waals surface area contributed by atoms with Gasteiger partial charge in [0.05, 0.1) is 9.82 Å². The molecule has 0 aliphatic rings. The molecule has 0 radical (unpaired) electrons. The molecule has 0 amide bonds. The number of benzene rings is 1. The minimum Gasteiger partial charge on any atom is -0.268 e. The van der Waals surface area contributed by atoms with Crippen LogP contribution in [0.2, 0.25) is 0 Å². The number of nitrogens with zero attached hydrogens (tertiary/aromatic N) is 3. The summed E-state index contributed by atoms with van der Waals surface area (Å²) in [6, 6.07) is 7.67. The molecular weight excluding hydrogens is 324 g/mol. The average molecular weight is 338 g/mol. The summed E-state index contributed by atoms with van der Waals surface area (Å²) in [5.41, 5.74) is -0.568. The van der Waals surface area contributed by atoms with Crippen LogP contribution >= 0.6 is 0 Å². The molecule has 1 heterocycles. The Morgan fingerprint density at radius 2 is 2.04 bits per heavy atom. The summed E-state index contributed by atoms with van der Waals surface area (Å²) in [5.74, 6) is 0. The molecular formula is C13H14N4O5S. The number of hydrogen-bond acceptors (Lipinski definition) is 6. The summed E-state index contributed by atoms with van der Waals surface area (Å²) in [4.78, 5) is 21.3. The molecule has 0 fully saturated rings. The summed E-state index contributed by atoms with van der Waals surface area (Å²) in [7, 11) is -3.84. The third kappa shape index (κ3) is 4.44. The zero-order chi connectivity index (χ0) is 16.9. The zero-order valence-electron chi connectivity index (χ0n) is 12.0. The lowest BCUT2D eigenvalue weighted by molar-refractivity contribution is -0.385. The van der Waals surface area contributed by atoms with Crippen molar-refractivity contribution in [3.63, 3.8) is 0 Å². The van der Waals surface area contributed by atoms with E-state index in [1.807, 2.05) is 0 Å². The molecule has 0 spiro atoms. The normalized spacial score (nSPS) is 11.3. The van der Waals surface area contributed by atoms with Crippen molar-refractivity contribution in [1.29, 1.82) is 0 Å². The van der Waals surface area contributed by atoms with Gasteiger partial charge in [-0.2, -0.15) is 5.10 Å². The molecule has 0 aliphatic heterocycles. The van der Waals surface area contributed by atoms with Gasteiger partial charge in [0.2, 0.25) is 10.0 Å². The molecule has 10 heteroatoms. The van der Waals surface area contributed by atoms with Gasteiger partial charge in [-0.15, -0.1) is 0 Å². The molecule has 1 N–H and O–H groups in total. The topological polar surface area (TPSA) is 124 Å². The minimum absolute atomic E-state index is 0.0774. The van der Waals surface area contributed by atoms with Crippen LogP contribution in [0.1, 0.15) is 6.42 Å². The monoisotopic (exact) mass is 338 g/mol. The highest BCUT2D eigenvalue weighted by molar-refractivity contribution is 7.89. The Labute approximate surface area is 131 Å². The fraction of sp³-hybridized carbons (Fsp3) is 0.231. The van der Waals surface area contributed by atoms with E-state index in [-0.39, 0.29) is 29.2 Å². The highest BCUT2D eigenvalue weighted by Gasteiger charge is 2.16. The van der Waals surface area contributed by atoms with Crippen LogP contribution in [-0.4, -0.2) is 29.7 Å². The molecule has 0 bridgehead atoms. The van der Waals surface area contributed by atoms with Crippen molar-refractivity contribution in [2.75, 3.05) is 6.54 Å². The Kier molecular flexibility index (Phi) is 5.19. The number of nitro benzene ring substituents is 1. The number of rotatable bonds is 7. The molecule has 0 saturated carbocycles. The first-order valence-corrected chi connectivity index (χ1v) is 8.15. The van der Waals surface area contributed by atoms with E-state index in [2.05, 4.69) is 9.82 Å². The Balaban J connectivity index is 1.97. The first-order chi connectivity index (χ1) is 10.9. The lowest BCUT2D eigenvalue weighted by atomic mass is 10.3. The standard InChI is InChI=1S/C13H14N4O5S/c18-13-6-2-7-14-16(13)9-3-8-15-23(21,22)12-5-1-4-11(10-12)17(19)20/h1-2,4-7,10,15H,3,8-9H2. The largest absolute Gasteiger partial charge is 0.270 e. The maximum atomic E-state index is 12.1. The second kappa shape index (κ2) is 7.11. The number of non-ortho nitro benzene ring substituents is 1. The van der Waals surface area contributed by atoms with Crippen molar-refractivity contribution in [2.45, 2.75) is 17.9 Å². The van der Waals surface area contributed by atoms with E-state index in [4.69, 9.17) is 0 Å². The SMILES string of the molecule is O=c1cccnn1CCCNS(=O)(=O)c1cccc([N+](=O)[O-])c1. The van der Waals surface area contributed by atoms with Crippen molar-refractivity contribution in [2.24, 2.45) is 0 Å². The van der Waals surface area contributed by atoms with E-state index in [0.29, 0.717) is 6.42 Å². The summed E-state index contributed by atoms with van der Waals surface area (Å²) in [6.07, 6.45) is 1.82. The second-order valence-corrected chi connectivity index (χ2v) is 6.36. The average Bonchev–Trinajstić information content (AvgIpc) is 2.53. The quantitative estimate of drug-likeness (QED) is 0.446. The van der Waals surface area contributed by atoms with Crippen LogP contribution < -0.4 is 10.3 Å². The third-order valence-corrected chi connectivity index (χ3v) is 4.42. The predicted octanol–water partition coefficient (Wildman–Crippen LogP) is 0.520.